The van der Waals surface area contributed by atoms with E-state index < -0.39 is 22.9 Å². The number of nitriles is 1. The number of halogens is 2. The van der Waals surface area contributed by atoms with Crippen LogP contribution in [0.1, 0.15) is 35.7 Å². The van der Waals surface area contributed by atoms with Crippen molar-refractivity contribution in [1.82, 2.24) is 15.0 Å². The Morgan fingerprint density at radius 1 is 1.29 bits per heavy atom. The molecule has 4 heterocycles. The first-order valence-electron chi connectivity index (χ1n) is 9.77. The Balaban J connectivity index is 1.54. The number of pyridine rings is 3. The van der Waals surface area contributed by atoms with Gasteiger partial charge in [-0.2, -0.15) is 9.65 Å². The molecule has 6 nitrogen and oxygen atoms in total. The third-order valence-corrected chi connectivity index (χ3v) is 7.46. The molecule has 0 bridgehead atoms. The lowest BCUT2D eigenvalue weighted by atomic mass is 9.86. The number of thioether (sulfide) groups is 1. The molecule has 9 heteroatoms. The van der Waals surface area contributed by atoms with Gasteiger partial charge in [-0.15, -0.1) is 0 Å². The molecule has 5 rings (SSSR count). The fourth-order valence-corrected chi connectivity index (χ4v) is 5.84. The second kappa shape index (κ2) is 6.95. The lowest BCUT2D eigenvalue weighted by Crippen LogP contribution is -2.37. The predicted molar refractivity (Wildman–Crippen MR) is 115 cm³/mol. The van der Waals surface area contributed by atoms with Crippen molar-refractivity contribution in [1.29, 1.82) is 5.26 Å². The Hall–Kier alpha value is -3.12. The van der Waals surface area contributed by atoms with Crippen LogP contribution in [0.2, 0.25) is 0 Å². The summed E-state index contributed by atoms with van der Waals surface area (Å²) >= 11 is 1.25. The molecule has 1 fully saturated rings. The van der Waals surface area contributed by atoms with E-state index in [1.807, 2.05) is 0 Å². The van der Waals surface area contributed by atoms with Crippen molar-refractivity contribution in [3.8, 4) is 6.07 Å². The summed E-state index contributed by atoms with van der Waals surface area (Å²) in [6.07, 6.45) is 5.59. The maximum Gasteiger partial charge on any atom is 0.218 e. The van der Waals surface area contributed by atoms with Gasteiger partial charge in [0, 0.05) is 41.9 Å². The van der Waals surface area contributed by atoms with Crippen LogP contribution in [0.4, 0.5) is 8.78 Å². The summed E-state index contributed by atoms with van der Waals surface area (Å²) < 4.78 is 28.0. The minimum Gasteiger partial charge on any atom is -0.378 e. The highest BCUT2D eigenvalue weighted by Gasteiger charge is 2.66. The summed E-state index contributed by atoms with van der Waals surface area (Å²) in [4.78, 5) is 17.3. The normalized spacial score (nSPS) is 26.8. The SMILES string of the molecule is C[C@]1(c2cc(Cc3nccc4cc(C#N)cnc34)cnc2F)N=C(N)S[C@@]2(CF)C[C@H]21. The van der Waals surface area contributed by atoms with E-state index in [0.717, 1.165) is 10.9 Å². The van der Waals surface area contributed by atoms with Gasteiger partial charge in [-0.1, -0.05) is 11.8 Å². The second-order valence-corrected chi connectivity index (χ2v) is 9.61. The Morgan fingerprint density at radius 3 is 2.90 bits per heavy atom. The molecule has 1 aliphatic heterocycles. The highest BCUT2D eigenvalue weighted by atomic mass is 32.2. The first-order valence-corrected chi connectivity index (χ1v) is 10.6. The van der Waals surface area contributed by atoms with Gasteiger partial charge >= 0.3 is 0 Å². The number of amidine groups is 1. The number of aliphatic imine (C=N–C) groups is 1. The summed E-state index contributed by atoms with van der Waals surface area (Å²) in [6.45, 7) is 1.27. The molecule has 0 unspecified atom stereocenters. The van der Waals surface area contributed by atoms with Gasteiger partial charge in [-0.25, -0.2) is 9.37 Å². The first-order chi connectivity index (χ1) is 14.9. The monoisotopic (exact) mass is 436 g/mol. The smallest absolute Gasteiger partial charge is 0.218 e. The second-order valence-electron chi connectivity index (χ2n) is 8.18. The van der Waals surface area contributed by atoms with Crippen LogP contribution in [-0.2, 0) is 12.0 Å². The molecule has 0 saturated heterocycles. The number of nitrogens with two attached hydrogens (primary N) is 1. The lowest BCUT2D eigenvalue weighted by Gasteiger charge is -2.33. The van der Waals surface area contributed by atoms with E-state index >= 15 is 0 Å². The van der Waals surface area contributed by atoms with Gasteiger partial charge in [0.25, 0.3) is 0 Å². The van der Waals surface area contributed by atoms with Gasteiger partial charge in [0.2, 0.25) is 5.95 Å². The standard InChI is InChI=1S/C22H18F2N6S/c1-21(17-7-22(17,11-23)31-20(26)30-21)15-5-12(9-29-19(15)24)6-16-18-14(2-3-27-16)4-13(8-25)10-28-18/h2-5,9-10,17H,6-7,11H2,1H3,(H2,26,30)/t17-,21+,22+/m0/s1. The molecule has 3 aromatic rings. The van der Waals surface area contributed by atoms with E-state index in [0.29, 0.717) is 35.2 Å². The van der Waals surface area contributed by atoms with Crippen molar-refractivity contribution < 1.29 is 8.78 Å². The van der Waals surface area contributed by atoms with E-state index in [9.17, 15) is 8.78 Å². The molecule has 3 atom stereocenters. The largest absolute Gasteiger partial charge is 0.378 e. The maximum absolute atomic E-state index is 14.8. The van der Waals surface area contributed by atoms with Crippen molar-refractivity contribution >= 4 is 27.8 Å². The minimum absolute atomic E-state index is 0.143. The number of fused-ring (bicyclic) bond motifs is 2. The van der Waals surface area contributed by atoms with Crippen LogP contribution in [0.25, 0.3) is 10.9 Å². The summed E-state index contributed by atoms with van der Waals surface area (Å²) in [5.74, 6) is -0.771. The summed E-state index contributed by atoms with van der Waals surface area (Å²) in [5.41, 5.74) is 7.90. The van der Waals surface area contributed by atoms with Gasteiger partial charge < -0.3 is 5.73 Å². The third kappa shape index (κ3) is 3.13. The Kier molecular flexibility index (Phi) is 4.45. The molecule has 2 aliphatic rings. The molecular weight excluding hydrogens is 418 g/mol. The number of alkyl halides is 1. The molecule has 156 valence electrons. The van der Waals surface area contributed by atoms with E-state index in [1.165, 1.54) is 24.2 Å². The van der Waals surface area contributed by atoms with Crippen molar-refractivity contribution in [2.24, 2.45) is 16.6 Å². The van der Waals surface area contributed by atoms with Crippen LogP contribution in [-0.4, -0.2) is 31.5 Å². The third-order valence-electron chi connectivity index (χ3n) is 6.20. The van der Waals surface area contributed by atoms with Gasteiger partial charge in [-0.05, 0) is 37.1 Å². The van der Waals surface area contributed by atoms with E-state index in [1.54, 1.807) is 31.3 Å². The zero-order valence-electron chi connectivity index (χ0n) is 16.6. The average molecular weight is 436 g/mol. The molecule has 31 heavy (non-hydrogen) atoms. The fourth-order valence-electron chi connectivity index (χ4n) is 4.52. The number of aromatic nitrogens is 3. The number of nitrogens with zero attached hydrogens (tertiary/aromatic N) is 5. The number of rotatable bonds is 4. The molecule has 3 aromatic heterocycles. The summed E-state index contributed by atoms with van der Waals surface area (Å²) in [6, 6.07) is 7.35. The lowest BCUT2D eigenvalue weighted by molar-refractivity contribution is 0.359. The van der Waals surface area contributed by atoms with Gasteiger partial charge in [0.1, 0.15) is 12.7 Å². The van der Waals surface area contributed by atoms with Crippen LogP contribution in [0.5, 0.6) is 0 Å². The average Bonchev–Trinajstić information content (AvgIpc) is 3.50. The topological polar surface area (TPSA) is 101 Å². The van der Waals surface area contributed by atoms with E-state index in [4.69, 9.17) is 11.0 Å². The summed E-state index contributed by atoms with van der Waals surface area (Å²) in [7, 11) is 0. The molecule has 0 radical (unpaired) electrons. The minimum atomic E-state index is -0.972. The Bertz CT molecular complexity index is 1290. The van der Waals surface area contributed by atoms with Crippen molar-refractivity contribution in [3.05, 3.63) is 65.1 Å². The predicted octanol–water partition coefficient (Wildman–Crippen LogP) is 3.63. The molecule has 0 aromatic carbocycles. The molecule has 1 aliphatic carbocycles. The van der Waals surface area contributed by atoms with Crippen molar-refractivity contribution in [2.45, 2.75) is 30.1 Å². The quantitative estimate of drug-likeness (QED) is 0.627. The molecular formula is C22H18F2N6S. The zero-order valence-corrected chi connectivity index (χ0v) is 17.5. The summed E-state index contributed by atoms with van der Waals surface area (Å²) in [5, 5.41) is 10.2. The molecule has 0 amide bonds. The number of hydrogen-bond donors (Lipinski definition) is 1. The molecule has 0 spiro atoms. The first kappa shape index (κ1) is 19.8. The van der Waals surface area contributed by atoms with Gasteiger partial charge in [-0.3, -0.25) is 15.0 Å². The highest BCUT2D eigenvalue weighted by molar-refractivity contribution is 8.15. The van der Waals surface area contributed by atoms with Crippen LogP contribution in [0, 0.1) is 23.2 Å². The Labute approximate surface area is 181 Å². The van der Waals surface area contributed by atoms with Crippen molar-refractivity contribution in [2.75, 3.05) is 6.67 Å². The van der Waals surface area contributed by atoms with Crippen LogP contribution < -0.4 is 5.73 Å². The molecule has 2 N–H and O–H groups in total. The van der Waals surface area contributed by atoms with Crippen LogP contribution in [0.15, 0.2) is 41.8 Å². The zero-order chi connectivity index (χ0) is 21.8. The number of hydrogen-bond acceptors (Lipinski definition) is 7. The van der Waals surface area contributed by atoms with E-state index in [2.05, 4.69) is 26.0 Å². The van der Waals surface area contributed by atoms with Crippen LogP contribution >= 0.6 is 11.8 Å². The molecule has 1 saturated carbocycles. The van der Waals surface area contributed by atoms with Crippen molar-refractivity contribution in [3.63, 3.8) is 0 Å². The van der Waals surface area contributed by atoms with Gasteiger partial charge in [0.15, 0.2) is 5.17 Å². The highest BCUT2D eigenvalue weighted by Crippen LogP contribution is 2.65. The fraction of sp³-hybridized carbons (Fsp3) is 0.318. The maximum atomic E-state index is 14.8. The Morgan fingerprint density at radius 2 is 2.13 bits per heavy atom. The van der Waals surface area contributed by atoms with Crippen LogP contribution in [0.3, 0.4) is 0 Å². The van der Waals surface area contributed by atoms with E-state index in [-0.39, 0.29) is 11.1 Å². The van der Waals surface area contributed by atoms with Gasteiger partial charge in [0.05, 0.1) is 27.1 Å².